The number of nitrogens with one attached hydrogen (secondary N) is 1. The van der Waals surface area contributed by atoms with Crippen LogP contribution in [0, 0.1) is 11.3 Å². The Morgan fingerprint density at radius 1 is 1.31 bits per heavy atom. The summed E-state index contributed by atoms with van der Waals surface area (Å²) < 4.78 is 16.6. The lowest BCUT2D eigenvalue weighted by Gasteiger charge is -2.32. The van der Waals surface area contributed by atoms with Gasteiger partial charge in [0.2, 0.25) is 0 Å². The molecule has 1 aromatic carbocycles. The van der Waals surface area contributed by atoms with E-state index in [9.17, 15) is 4.79 Å². The summed E-state index contributed by atoms with van der Waals surface area (Å²) in [6, 6.07) is 12.0. The molecule has 7 nitrogen and oxygen atoms in total. The third-order valence-corrected chi connectivity index (χ3v) is 4.09. The van der Waals surface area contributed by atoms with Crippen molar-refractivity contribution < 1.29 is 19.0 Å². The number of carbonyl (C=O) groups excluding carboxylic acids is 1. The molecule has 1 aliphatic rings. The quantitative estimate of drug-likeness (QED) is 0.883. The average molecular weight is 353 g/mol. The lowest BCUT2D eigenvalue weighted by atomic mass is 10.1. The van der Waals surface area contributed by atoms with E-state index < -0.39 is 0 Å². The molecule has 0 bridgehead atoms. The van der Waals surface area contributed by atoms with E-state index in [1.165, 1.54) is 13.3 Å². The number of hydrogen-bond donors (Lipinski definition) is 1. The van der Waals surface area contributed by atoms with E-state index in [0.717, 1.165) is 0 Å². The molecule has 0 saturated carbocycles. The number of benzene rings is 1. The number of hydrogen-bond acceptors (Lipinski definition) is 6. The van der Waals surface area contributed by atoms with Crippen molar-refractivity contribution in [3.05, 3.63) is 53.9 Å². The Morgan fingerprint density at radius 3 is 2.85 bits per heavy atom. The first-order chi connectivity index (χ1) is 12.7. The van der Waals surface area contributed by atoms with E-state index in [1.807, 2.05) is 0 Å². The first kappa shape index (κ1) is 17.7. The Hall–Kier alpha value is -3.11. The van der Waals surface area contributed by atoms with Crippen LogP contribution < -0.4 is 14.8 Å². The van der Waals surface area contributed by atoms with Gasteiger partial charge in [-0.1, -0.05) is 0 Å². The van der Waals surface area contributed by atoms with Crippen LogP contribution in [0.25, 0.3) is 0 Å². The third kappa shape index (κ3) is 4.29. The van der Waals surface area contributed by atoms with Crippen LogP contribution in [0.2, 0.25) is 0 Å². The molecule has 1 N–H and O–H groups in total. The van der Waals surface area contributed by atoms with Crippen LogP contribution >= 0.6 is 0 Å². The monoisotopic (exact) mass is 353 g/mol. The van der Waals surface area contributed by atoms with Crippen molar-refractivity contribution in [3.8, 4) is 17.6 Å². The summed E-state index contributed by atoms with van der Waals surface area (Å²) in [5.41, 5.74) is 0.846. The predicted octanol–water partition coefficient (Wildman–Crippen LogP) is 1.93. The summed E-state index contributed by atoms with van der Waals surface area (Å²) in [5.74, 6) is 0.907. The molecule has 1 aliphatic heterocycles. The second kappa shape index (κ2) is 8.32. The number of aromatic nitrogens is 1. The molecule has 3 rings (SSSR count). The number of ether oxygens (including phenoxy) is 3. The largest absolute Gasteiger partial charge is 0.497 e. The Bertz CT molecular complexity index is 801. The minimum atomic E-state index is -0.328. The molecule has 1 fully saturated rings. The van der Waals surface area contributed by atoms with Gasteiger partial charge in [0.1, 0.15) is 23.3 Å². The fourth-order valence-electron chi connectivity index (χ4n) is 2.68. The van der Waals surface area contributed by atoms with Crippen LogP contribution in [0.1, 0.15) is 22.5 Å². The Labute approximate surface area is 151 Å². The zero-order valence-electron chi connectivity index (χ0n) is 14.3. The molecule has 1 amide bonds. The first-order valence-corrected chi connectivity index (χ1v) is 8.25. The zero-order chi connectivity index (χ0) is 18.4. The van der Waals surface area contributed by atoms with Crippen LogP contribution in [-0.2, 0) is 4.74 Å². The van der Waals surface area contributed by atoms with Crippen LogP contribution in [0.4, 0.5) is 0 Å². The first-order valence-electron chi connectivity index (χ1n) is 8.25. The highest BCUT2D eigenvalue weighted by Crippen LogP contribution is 2.19. The molecule has 2 heterocycles. The summed E-state index contributed by atoms with van der Waals surface area (Å²) in [4.78, 5) is 16.6. The summed E-state index contributed by atoms with van der Waals surface area (Å²) in [7, 11) is 1.54. The van der Waals surface area contributed by atoms with Gasteiger partial charge in [-0.2, -0.15) is 5.26 Å². The van der Waals surface area contributed by atoms with E-state index in [4.69, 9.17) is 19.5 Å². The average Bonchev–Trinajstić information content (AvgIpc) is 2.70. The van der Waals surface area contributed by atoms with Crippen molar-refractivity contribution in [1.29, 1.82) is 5.26 Å². The minimum Gasteiger partial charge on any atom is -0.497 e. The van der Waals surface area contributed by atoms with Gasteiger partial charge < -0.3 is 19.5 Å². The fraction of sp³-hybridized carbons (Fsp3) is 0.316. The number of nitrogens with zero attached hydrogens (tertiary/aromatic N) is 2. The van der Waals surface area contributed by atoms with Gasteiger partial charge in [0.05, 0.1) is 31.4 Å². The van der Waals surface area contributed by atoms with E-state index >= 15 is 0 Å². The molecule has 0 aliphatic carbocycles. The minimum absolute atomic E-state index is 0.208. The van der Waals surface area contributed by atoms with Crippen molar-refractivity contribution in [2.75, 3.05) is 20.3 Å². The maximum absolute atomic E-state index is 12.5. The molecule has 26 heavy (non-hydrogen) atoms. The van der Waals surface area contributed by atoms with Crippen molar-refractivity contribution in [2.45, 2.75) is 18.6 Å². The molecule has 2 atom stereocenters. The van der Waals surface area contributed by atoms with Gasteiger partial charge in [0.25, 0.3) is 5.91 Å². The maximum Gasteiger partial charge on any atom is 0.270 e. The Morgan fingerprint density at radius 2 is 2.12 bits per heavy atom. The Kier molecular flexibility index (Phi) is 5.66. The van der Waals surface area contributed by atoms with Gasteiger partial charge >= 0.3 is 0 Å². The molecule has 2 aromatic rings. The van der Waals surface area contributed by atoms with E-state index in [-0.39, 0.29) is 23.7 Å². The smallest absolute Gasteiger partial charge is 0.270 e. The number of methoxy groups -OCH3 is 1. The normalized spacial score (nSPS) is 19.2. The number of nitriles is 1. The summed E-state index contributed by atoms with van der Waals surface area (Å²) in [6.07, 6.45) is 1.84. The van der Waals surface area contributed by atoms with E-state index in [2.05, 4.69) is 16.4 Å². The van der Waals surface area contributed by atoms with Crippen LogP contribution in [0.15, 0.2) is 42.6 Å². The lowest BCUT2D eigenvalue weighted by Crippen LogP contribution is -2.51. The maximum atomic E-state index is 12.5. The highest BCUT2D eigenvalue weighted by molar-refractivity contribution is 5.92. The van der Waals surface area contributed by atoms with Crippen molar-refractivity contribution in [2.24, 2.45) is 0 Å². The number of carbonyl (C=O) groups is 1. The van der Waals surface area contributed by atoms with Gasteiger partial charge in [-0.15, -0.1) is 0 Å². The molecule has 134 valence electrons. The topological polar surface area (TPSA) is 93.5 Å². The second-order valence-corrected chi connectivity index (χ2v) is 5.82. The fourth-order valence-corrected chi connectivity index (χ4v) is 2.68. The molecule has 1 saturated heterocycles. The molecule has 0 radical (unpaired) electrons. The van der Waals surface area contributed by atoms with Crippen molar-refractivity contribution >= 4 is 5.91 Å². The standard InChI is InChI=1S/C19H19N3O4/c1-24-15-6-8-21-17(10-15)19(23)22-16-7-9-25-12-18(16)26-14-4-2-13(11-20)3-5-14/h2-6,8,10,16,18H,7,9,12H2,1H3,(H,22,23). The molecular weight excluding hydrogens is 334 g/mol. The third-order valence-electron chi connectivity index (χ3n) is 4.09. The van der Waals surface area contributed by atoms with Gasteiger partial charge in [0.15, 0.2) is 0 Å². The molecule has 0 spiro atoms. The predicted molar refractivity (Wildman–Crippen MR) is 93.1 cm³/mol. The zero-order valence-corrected chi connectivity index (χ0v) is 14.3. The van der Waals surface area contributed by atoms with E-state index in [0.29, 0.717) is 36.7 Å². The van der Waals surface area contributed by atoms with Crippen LogP contribution in [0.5, 0.6) is 11.5 Å². The molecule has 1 aromatic heterocycles. The summed E-state index contributed by atoms with van der Waals surface area (Å²) >= 11 is 0. The van der Waals surface area contributed by atoms with Gasteiger partial charge in [0, 0.05) is 18.9 Å². The SMILES string of the molecule is COc1ccnc(C(=O)NC2CCOCC2Oc2ccc(C#N)cc2)c1. The second-order valence-electron chi connectivity index (χ2n) is 5.82. The lowest BCUT2D eigenvalue weighted by molar-refractivity contribution is -0.0135. The number of amides is 1. The van der Waals surface area contributed by atoms with Crippen molar-refractivity contribution in [1.82, 2.24) is 10.3 Å². The van der Waals surface area contributed by atoms with Crippen molar-refractivity contribution in [3.63, 3.8) is 0 Å². The van der Waals surface area contributed by atoms with E-state index in [1.54, 1.807) is 36.4 Å². The highest BCUT2D eigenvalue weighted by Gasteiger charge is 2.29. The van der Waals surface area contributed by atoms with Crippen LogP contribution in [0.3, 0.4) is 0 Å². The number of pyridine rings is 1. The van der Waals surface area contributed by atoms with Gasteiger partial charge in [-0.3, -0.25) is 9.78 Å². The molecule has 2 unspecified atom stereocenters. The Balaban J connectivity index is 1.68. The molecule has 7 heteroatoms. The van der Waals surface area contributed by atoms with Crippen LogP contribution in [-0.4, -0.2) is 43.4 Å². The van der Waals surface area contributed by atoms with Gasteiger partial charge in [-0.25, -0.2) is 0 Å². The van der Waals surface area contributed by atoms with Gasteiger partial charge in [-0.05, 0) is 36.8 Å². The summed E-state index contributed by atoms with van der Waals surface area (Å²) in [5, 5.41) is 11.8. The highest BCUT2D eigenvalue weighted by atomic mass is 16.5. The summed E-state index contributed by atoms with van der Waals surface area (Å²) in [6.45, 7) is 0.917. The number of rotatable bonds is 5. The molecular formula is C19H19N3O4.